The van der Waals surface area contributed by atoms with Gasteiger partial charge in [0.1, 0.15) is 23.4 Å². The summed E-state index contributed by atoms with van der Waals surface area (Å²) in [5.41, 5.74) is 4.11. The lowest BCUT2D eigenvalue weighted by Gasteiger charge is -2.33. The lowest BCUT2D eigenvalue weighted by atomic mass is 9.95. The molecule has 0 aliphatic carbocycles. The second-order valence-corrected chi connectivity index (χ2v) is 8.39. The van der Waals surface area contributed by atoms with Crippen LogP contribution in [0.15, 0.2) is 29.7 Å². The third-order valence-electron chi connectivity index (χ3n) is 4.30. The molecule has 8 nitrogen and oxygen atoms in total. The molecule has 4 atom stereocenters. The van der Waals surface area contributed by atoms with Crippen molar-refractivity contribution in [1.82, 2.24) is 4.90 Å². The molecule has 0 aromatic carbocycles. The number of aliphatic hydroxyl groups is 1. The molecule has 1 saturated heterocycles. The predicted molar refractivity (Wildman–Crippen MR) is 92.1 cm³/mol. The Hall–Kier alpha value is -0.960. The molecule has 2 aliphatic heterocycles. The number of nitrogens with two attached hydrogens (primary N) is 1. The average Bonchev–Trinajstić information content (AvgIpc) is 2.85. The van der Waals surface area contributed by atoms with Crippen molar-refractivity contribution >= 4 is 25.0 Å². The van der Waals surface area contributed by atoms with Crippen LogP contribution in [0.4, 0.5) is 4.39 Å². The lowest BCUT2D eigenvalue weighted by molar-refractivity contribution is -0.100. The van der Waals surface area contributed by atoms with Gasteiger partial charge in [-0.2, -0.15) is 0 Å². The van der Waals surface area contributed by atoms with Gasteiger partial charge in [0.15, 0.2) is 12.4 Å². The number of hydrogen-bond acceptors (Lipinski definition) is 8. The third-order valence-corrected chi connectivity index (χ3v) is 6.63. The van der Waals surface area contributed by atoms with Crippen molar-refractivity contribution in [2.45, 2.75) is 30.5 Å². The van der Waals surface area contributed by atoms with E-state index in [1.165, 1.54) is 31.4 Å². The highest BCUT2D eigenvalue weighted by molar-refractivity contribution is 7.53. The highest BCUT2D eigenvalue weighted by atomic mass is 35.5. The molecule has 0 radical (unpaired) electrons. The summed E-state index contributed by atoms with van der Waals surface area (Å²) in [7, 11) is -0.873. The summed E-state index contributed by atoms with van der Waals surface area (Å²) in [4.78, 5) is 5.27. The molecule has 2 heterocycles. The fraction of sp³-hybridized carbons (Fsp3) is 0.643. The summed E-state index contributed by atoms with van der Waals surface area (Å²) in [6, 6.07) is 0. The topological polar surface area (TPSA) is 107 Å². The van der Waals surface area contributed by atoms with Crippen molar-refractivity contribution in [3.63, 3.8) is 0 Å². The van der Waals surface area contributed by atoms with Gasteiger partial charge in [0, 0.05) is 20.4 Å². The van der Waals surface area contributed by atoms with Crippen LogP contribution in [-0.2, 0) is 18.3 Å². The number of rotatable bonds is 7. The number of nitrogens with zero attached hydrogens (tertiary/aromatic N) is 2. The molecule has 0 aromatic heterocycles. The number of amidine groups is 1. The number of alkyl halides is 2. The largest absolute Gasteiger partial charge is 0.387 e. The van der Waals surface area contributed by atoms with Gasteiger partial charge in [-0.15, -0.1) is 11.6 Å². The smallest absolute Gasteiger partial charge is 0.330 e. The molecule has 11 heteroatoms. The molecule has 142 valence electrons. The number of hydrogen-bond donors (Lipinski definition) is 2. The third kappa shape index (κ3) is 3.92. The van der Waals surface area contributed by atoms with Gasteiger partial charge in [0.25, 0.3) is 0 Å². The number of aliphatic imine (C=N–C) groups is 1. The molecule has 0 amide bonds. The van der Waals surface area contributed by atoms with Crippen LogP contribution in [0.3, 0.4) is 0 Å². The minimum absolute atomic E-state index is 0.0248. The summed E-state index contributed by atoms with van der Waals surface area (Å²) < 4.78 is 42.5. The quantitative estimate of drug-likeness (QED) is 0.496. The Bertz CT molecular complexity index is 626. The van der Waals surface area contributed by atoms with Crippen molar-refractivity contribution < 1.29 is 27.8 Å². The normalized spacial score (nSPS) is 33.0. The molecule has 0 aromatic rings. The van der Waals surface area contributed by atoms with Gasteiger partial charge >= 0.3 is 7.60 Å². The van der Waals surface area contributed by atoms with E-state index in [9.17, 15) is 14.1 Å². The number of halogens is 2. The zero-order valence-corrected chi connectivity index (χ0v) is 15.6. The second kappa shape index (κ2) is 7.73. The van der Waals surface area contributed by atoms with Gasteiger partial charge in [0.05, 0.1) is 12.0 Å². The molecule has 0 bridgehead atoms. The van der Waals surface area contributed by atoms with Gasteiger partial charge in [-0.25, -0.2) is 9.38 Å². The van der Waals surface area contributed by atoms with E-state index >= 15 is 0 Å². The average molecular weight is 398 g/mol. The van der Waals surface area contributed by atoms with E-state index in [4.69, 9.17) is 31.1 Å². The maximum Gasteiger partial charge on any atom is 0.330 e. The molecule has 0 spiro atoms. The molecule has 0 saturated carbocycles. The monoisotopic (exact) mass is 397 g/mol. The van der Waals surface area contributed by atoms with Crippen LogP contribution in [0.5, 0.6) is 0 Å². The van der Waals surface area contributed by atoms with Gasteiger partial charge in [0.2, 0.25) is 0 Å². The molecular weight excluding hydrogens is 376 g/mol. The maximum absolute atomic E-state index is 14.7. The zero-order chi connectivity index (χ0) is 18.8. The van der Waals surface area contributed by atoms with Crippen molar-refractivity contribution in [3.8, 4) is 0 Å². The van der Waals surface area contributed by atoms with E-state index < -0.39 is 31.7 Å². The van der Waals surface area contributed by atoms with Crippen molar-refractivity contribution in [1.29, 1.82) is 0 Å². The molecule has 2 rings (SSSR count). The Morgan fingerprint density at radius 1 is 1.60 bits per heavy atom. The van der Waals surface area contributed by atoms with Crippen LogP contribution in [0, 0.1) is 0 Å². The van der Waals surface area contributed by atoms with E-state index in [2.05, 4.69) is 11.6 Å². The van der Waals surface area contributed by atoms with Crippen molar-refractivity contribution in [3.05, 3.63) is 24.7 Å². The second-order valence-electron chi connectivity index (χ2n) is 5.72. The van der Waals surface area contributed by atoms with Crippen LogP contribution >= 0.6 is 19.2 Å². The van der Waals surface area contributed by atoms with E-state index in [1.807, 2.05) is 0 Å². The lowest BCUT2D eigenvalue weighted by Crippen LogP contribution is -2.44. The SMILES string of the molecule is C=C1N=C(N)C=CN1[C@@H]1O[C@](CCl)(CCP(=O)(OC)OC)[C@@H](O)[C@H]1F. The minimum Gasteiger partial charge on any atom is -0.387 e. The number of ether oxygens (including phenoxy) is 1. The first-order valence-corrected chi connectivity index (χ1v) is 9.74. The first-order valence-electron chi connectivity index (χ1n) is 7.48. The molecule has 0 unspecified atom stereocenters. The molecule has 2 aliphatic rings. The fourth-order valence-electron chi connectivity index (χ4n) is 2.72. The maximum atomic E-state index is 14.7. The van der Waals surface area contributed by atoms with E-state index in [0.29, 0.717) is 0 Å². The highest BCUT2D eigenvalue weighted by Gasteiger charge is 2.57. The van der Waals surface area contributed by atoms with E-state index in [1.54, 1.807) is 0 Å². The Morgan fingerprint density at radius 2 is 2.24 bits per heavy atom. The summed E-state index contributed by atoms with van der Waals surface area (Å²) in [5, 5.41) is 10.4. The Morgan fingerprint density at radius 3 is 2.76 bits per heavy atom. The van der Waals surface area contributed by atoms with Crippen LogP contribution < -0.4 is 5.73 Å². The standard InChI is InChI=1S/C14H22ClFN3O5P/c1-9-18-10(17)4-6-19(9)13-11(16)12(20)14(8-15,24-13)5-7-25(21,22-2)23-3/h4,6,11-13,20H,1,5,7-8H2,2-3H3,(H2,17,18)/t11-,12+,13-,14+/m1/s1. The zero-order valence-electron chi connectivity index (χ0n) is 14.0. The van der Waals surface area contributed by atoms with Crippen molar-refractivity contribution in [2.24, 2.45) is 10.7 Å². The summed E-state index contributed by atoms with van der Waals surface area (Å²) in [6.45, 7) is 3.70. The van der Waals surface area contributed by atoms with E-state index in [-0.39, 0.29) is 30.1 Å². The number of aliphatic hydroxyl groups excluding tert-OH is 1. The molecule has 3 N–H and O–H groups in total. The van der Waals surface area contributed by atoms with E-state index in [0.717, 1.165) is 0 Å². The highest BCUT2D eigenvalue weighted by Crippen LogP contribution is 2.50. The summed E-state index contributed by atoms with van der Waals surface area (Å²) >= 11 is 5.97. The molecule has 1 fully saturated rings. The first-order chi connectivity index (χ1) is 11.7. The summed E-state index contributed by atoms with van der Waals surface area (Å²) in [6.07, 6.45) is -1.72. The van der Waals surface area contributed by atoms with Crippen LogP contribution in [-0.4, -0.2) is 66.2 Å². The van der Waals surface area contributed by atoms with Crippen LogP contribution in [0.2, 0.25) is 0 Å². The van der Waals surface area contributed by atoms with Crippen molar-refractivity contribution in [2.75, 3.05) is 26.3 Å². The van der Waals surface area contributed by atoms with Gasteiger partial charge in [-0.05, 0) is 12.5 Å². The van der Waals surface area contributed by atoms with Gasteiger partial charge in [-0.3, -0.25) is 4.57 Å². The minimum atomic E-state index is -3.36. The molecule has 25 heavy (non-hydrogen) atoms. The Balaban J connectivity index is 2.20. The summed E-state index contributed by atoms with van der Waals surface area (Å²) in [5.74, 6) is 0.179. The van der Waals surface area contributed by atoms with Gasteiger partial charge < -0.3 is 29.5 Å². The fourth-order valence-corrected chi connectivity index (χ4v) is 4.24. The Kier molecular flexibility index (Phi) is 6.30. The predicted octanol–water partition coefficient (Wildman–Crippen LogP) is 1.55. The van der Waals surface area contributed by atoms with Crippen LogP contribution in [0.1, 0.15) is 6.42 Å². The van der Waals surface area contributed by atoms with Gasteiger partial charge in [-0.1, -0.05) is 6.58 Å². The first kappa shape index (κ1) is 20.4. The Labute approximate surface area is 150 Å². The van der Waals surface area contributed by atoms with Crippen LogP contribution in [0.25, 0.3) is 0 Å². The molecular formula is C14H22ClFN3O5P.